The molecule has 1 saturated heterocycles. The third kappa shape index (κ3) is 4.25. The van der Waals surface area contributed by atoms with Gasteiger partial charge in [0.25, 0.3) is 0 Å². The number of aliphatic imine (C=N–C) groups is 1. The molecular formula is C14H17Cl2N3O3. The fourth-order valence-electron chi connectivity index (χ4n) is 1.85. The van der Waals surface area contributed by atoms with Gasteiger partial charge in [-0.3, -0.25) is 9.63 Å². The van der Waals surface area contributed by atoms with Gasteiger partial charge in [0, 0.05) is 6.54 Å². The summed E-state index contributed by atoms with van der Waals surface area (Å²) in [5.74, 6) is -0.771. The topological polar surface area (TPSA) is 74.2 Å². The van der Waals surface area contributed by atoms with Crippen molar-refractivity contribution in [1.82, 2.24) is 10.4 Å². The highest BCUT2D eigenvalue weighted by Gasteiger charge is 2.21. The lowest BCUT2D eigenvalue weighted by Crippen LogP contribution is -2.31. The number of nitrogens with zero attached hydrogens (tertiary/aromatic N) is 2. The Morgan fingerprint density at radius 3 is 2.82 bits per heavy atom. The molecule has 0 amide bonds. The minimum Gasteiger partial charge on any atom is -0.481 e. The summed E-state index contributed by atoms with van der Waals surface area (Å²) in [5.41, 5.74) is 0.475. The van der Waals surface area contributed by atoms with E-state index >= 15 is 0 Å². The van der Waals surface area contributed by atoms with E-state index in [-0.39, 0.29) is 0 Å². The highest BCUT2D eigenvalue weighted by atomic mass is 35.5. The van der Waals surface area contributed by atoms with E-state index in [1.54, 1.807) is 30.2 Å². The number of nitrogens with one attached hydrogen (secondary N) is 1. The van der Waals surface area contributed by atoms with Crippen LogP contribution in [0.1, 0.15) is 13.3 Å². The molecule has 2 N–H and O–H groups in total. The van der Waals surface area contributed by atoms with E-state index in [0.29, 0.717) is 47.8 Å². The zero-order valence-corrected chi connectivity index (χ0v) is 13.6. The van der Waals surface area contributed by atoms with Gasteiger partial charge >= 0.3 is 5.97 Å². The van der Waals surface area contributed by atoms with E-state index in [4.69, 9.17) is 33.1 Å². The summed E-state index contributed by atoms with van der Waals surface area (Å²) >= 11 is 12.2. The van der Waals surface area contributed by atoms with Crippen LogP contribution in [0.15, 0.2) is 23.2 Å². The molecule has 1 aromatic carbocycles. The highest BCUT2D eigenvalue weighted by molar-refractivity contribution is 6.38. The molecule has 1 aliphatic heterocycles. The van der Waals surface area contributed by atoms with Crippen LogP contribution in [0, 0.1) is 5.92 Å². The summed E-state index contributed by atoms with van der Waals surface area (Å²) < 4.78 is 0. The van der Waals surface area contributed by atoms with Gasteiger partial charge in [0.15, 0.2) is 0 Å². The van der Waals surface area contributed by atoms with Gasteiger partial charge in [-0.15, -0.1) is 0 Å². The zero-order valence-electron chi connectivity index (χ0n) is 12.1. The van der Waals surface area contributed by atoms with Crippen LogP contribution in [-0.4, -0.2) is 41.8 Å². The van der Waals surface area contributed by atoms with E-state index in [1.165, 1.54) is 0 Å². The Kier molecular flexibility index (Phi) is 5.88. The molecule has 0 bridgehead atoms. The van der Waals surface area contributed by atoms with Crippen LogP contribution >= 0.6 is 23.2 Å². The minimum absolute atomic E-state index is 0.296. The lowest BCUT2D eigenvalue weighted by atomic mass is 10.1. The molecule has 1 fully saturated rings. The Bertz CT molecular complexity index is 560. The number of hydroxylamine groups is 2. The standard InChI is InChI=1S/C14H17Cl2N3O3/c1-9(13(20)21)5-8-22-19-7-6-17-14(19)18-12-10(15)3-2-4-11(12)16/h2-4,9H,5-8H2,1H3,(H,17,18)(H,20,21). The molecule has 8 heteroatoms. The number of carbonyl (C=O) groups is 1. The number of hydrogen-bond acceptors (Lipinski definition) is 3. The lowest BCUT2D eigenvalue weighted by Gasteiger charge is -2.18. The number of para-hydroxylation sites is 1. The minimum atomic E-state index is -0.833. The van der Waals surface area contributed by atoms with Gasteiger partial charge in [0.05, 0.1) is 29.1 Å². The second-order valence-electron chi connectivity index (χ2n) is 4.90. The second kappa shape index (κ2) is 7.67. The molecule has 0 spiro atoms. The molecule has 1 aliphatic rings. The van der Waals surface area contributed by atoms with Crippen molar-refractivity contribution in [2.45, 2.75) is 13.3 Å². The molecule has 2 rings (SSSR count). The van der Waals surface area contributed by atoms with Crippen LogP contribution in [0.4, 0.5) is 5.69 Å². The molecule has 120 valence electrons. The predicted molar refractivity (Wildman–Crippen MR) is 85.6 cm³/mol. The number of halogens is 2. The molecular weight excluding hydrogens is 329 g/mol. The first-order valence-electron chi connectivity index (χ1n) is 6.89. The van der Waals surface area contributed by atoms with Crippen LogP contribution in [0.25, 0.3) is 0 Å². The smallest absolute Gasteiger partial charge is 0.306 e. The molecule has 1 aromatic rings. The maximum absolute atomic E-state index is 10.8. The number of guanidine groups is 1. The van der Waals surface area contributed by atoms with Crippen LogP contribution in [0.2, 0.25) is 10.0 Å². The highest BCUT2D eigenvalue weighted by Crippen LogP contribution is 2.33. The number of carboxylic acids is 1. The maximum atomic E-state index is 10.8. The molecule has 1 atom stereocenters. The predicted octanol–water partition coefficient (Wildman–Crippen LogP) is 2.93. The van der Waals surface area contributed by atoms with Crippen molar-refractivity contribution in [3.05, 3.63) is 28.2 Å². The monoisotopic (exact) mass is 345 g/mol. The molecule has 22 heavy (non-hydrogen) atoms. The van der Waals surface area contributed by atoms with Crippen molar-refractivity contribution in [3.8, 4) is 0 Å². The van der Waals surface area contributed by atoms with Crippen molar-refractivity contribution < 1.29 is 14.7 Å². The van der Waals surface area contributed by atoms with E-state index in [2.05, 4.69) is 10.3 Å². The first-order valence-corrected chi connectivity index (χ1v) is 7.64. The molecule has 0 saturated carbocycles. The van der Waals surface area contributed by atoms with Gasteiger partial charge in [-0.2, -0.15) is 0 Å². The van der Waals surface area contributed by atoms with Crippen LogP contribution < -0.4 is 5.32 Å². The number of hydrogen-bond donors (Lipinski definition) is 2. The third-order valence-corrected chi connectivity index (χ3v) is 3.82. The molecule has 0 aromatic heterocycles. The largest absolute Gasteiger partial charge is 0.481 e. The van der Waals surface area contributed by atoms with Crippen LogP contribution in [0.3, 0.4) is 0 Å². The van der Waals surface area contributed by atoms with Crippen molar-refractivity contribution >= 4 is 40.8 Å². The molecule has 0 aliphatic carbocycles. The number of carboxylic acid groups (broad SMARTS) is 1. The van der Waals surface area contributed by atoms with Gasteiger partial charge in [0.1, 0.15) is 5.69 Å². The third-order valence-electron chi connectivity index (χ3n) is 3.21. The second-order valence-corrected chi connectivity index (χ2v) is 5.71. The quantitative estimate of drug-likeness (QED) is 0.829. The first kappa shape index (κ1) is 16.9. The molecule has 1 unspecified atom stereocenters. The fraction of sp³-hybridized carbons (Fsp3) is 0.429. The Balaban J connectivity index is 2.01. The Morgan fingerprint density at radius 1 is 1.50 bits per heavy atom. The van der Waals surface area contributed by atoms with Gasteiger partial charge in [-0.25, -0.2) is 10.1 Å². The van der Waals surface area contributed by atoms with Crippen LogP contribution in [-0.2, 0) is 9.63 Å². The lowest BCUT2D eigenvalue weighted by molar-refractivity contribution is -0.143. The Labute approximate surface area is 138 Å². The van der Waals surface area contributed by atoms with Gasteiger partial charge < -0.3 is 10.4 Å². The summed E-state index contributed by atoms with van der Waals surface area (Å²) in [4.78, 5) is 20.7. The summed E-state index contributed by atoms with van der Waals surface area (Å²) in [6, 6.07) is 5.17. The van der Waals surface area contributed by atoms with Crippen molar-refractivity contribution in [3.63, 3.8) is 0 Å². The van der Waals surface area contributed by atoms with Gasteiger partial charge in [-0.1, -0.05) is 36.2 Å². The van der Waals surface area contributed by atoms with Gasteiger partial charge in [0.2, 0.25) is 5.96 Å². The normalized spacial score (nSPS) is 17.6. The van der Waals surface area contributed by atoms with Crippen molar-refractivity contribution in [2.75, 3.05) is 19.7 Å². The Hall–Kier alpha value is -1.50. The molecule has 0 radical (unpaired) electrons. The fourth-order valence-corrected chi connectivity index (χ4v) is 2.33. The van der Waals surface area contributed by atoms with E-state index in [0.717, 1.165) is 0 Å². The average molecular weight is 346 g/mol. The SMILES string of the molecule is CC(CCON1CCN/C1=N\c1c(Cl)cccc1Cl)C(=O)O. The number of aliphatic carboxylic acids is 1. The summed E-state index contributed by atoms with van der Waals surface area (Å²) in [6.07, 6.45) is 0.423. The Morgan fingerprint density at radius 2 is 2.18 bits per heavy atom. The summed E-state index contributed by atoms with van der Waals surface area (Å²) in [6.45, 7) is 3.23. The van der Waals surface area contributed by atoms with Crippen molar-refractivity contribution in [1.29, 1.82) is 0 Å². The average Bonchev–Trinajstić information content (AvgIpc) is 2.90. The first-order chi connectivity index (χ1) is 10.5. The number of rotatable bonds is 6. The maximum Gasteiger partial charge on any atom is 0.306 e. The summed E-state index contributed by atoms with van der Waals surface area (Å²) in [5, 5.41) is 14.4. The van der Waals surface area contributed by atoms with E-state index in [9.17, 15) is 4.79 Å². The molecule has 1 heterocycles. The van der Waals surface area contributed by atoms with E-state index in [1.807, 2.05) is 0 Å². The molecule has 6 nitrogen and oxygen atoms in total. The summed E-state index contributed by atoms with van der Waals surface area (Å²) in [7, 11) is 0. The number of benzene rings is 1. The van der Waals surface area contributed by atoms with E-state index < -0.39 is 11.9 Å². The van der Waals surface area contributed by atoms with Crippen LogP contribution in [0.5, 0.6) is 0 Å². The van der Waals surface area contributed by atoms with Crippen molar-refractivity contribution in [2.24, 2.45) is 10.9 Å². The van der Waals surface area contributed by atoms with Gasteiger partial charge in [-0.05, 0) is 18.6 Å². The zero-order chi connectivity index (χ0) is 16.1.